The van der Waals surface area contributed by atoms with Crippen LogP contribution in [0.5, 0.6) is 5.75 Å². The van der Waals surface area contributed by atoms with Gasteiger partial charge in [0.15, 0.2) is 0 Å². The lowest BCUT2D eigenvalue weighted by molar-refractivity contribution is -0.384. The van der Waals surface area contributed by atoms with Crippen LogP contribution in [0.4, 0.5) is 11.4 Å². The van der Waals surface area contributed by atoms with Gasteiger partial charge in [0.25, 0.3) is 5.69 Å². The fourth-order valence-corrected chi connectivity index (χ4v) is 2.11. The van der Waals surface area contributed by atoms with Gasteiger partial charge >= 0.3 is 0 Å². The number of carbonyl (C=O) groups is 1. The first kappa shape index (κ1) is 18.0. The van der Waals surface area contributed by atoms with Crippen LogP contribution in [0.1, 0.15) is 5.56 Å². The van der Waals surface area contributed by atoms with Crippen LogP contribution in [-0.4, -0.2) is 31.0 Å². The Hall–Kier alpha value is -3.35. The number of methoxy groups -OCH3 is 1. The van der Waals surface area contributed by atoms with E-state index in [2.05, 4.69) is 10.6 Å². The molecule has 0 aliphatic carbocycles. The Morgan fingerprint density at radius 2 is 1.88 bits per heavy atom. The standard InChI is InChI=1S/C18H19N3O4/c1-25-15-9-6-14(7-10-15)8-11-18(22)20-13-12-19-16-4-2-3-5-17(16)21(23)24/h2-11,19H,12-13H2,1H3,(H,20,22)/b11-8+. The molecule has 130 valence electrons. The third kappa shape index (κ3) is 5.65. The average Bonchev–Trinajstić information content (AvgIpc) is 2.64. The lowest BCUT2D eigenvalue weighted by atomic mass is 10.2. The maximum absolute atomic E-state index is 11.8. The molecule has 2 aromatic rings. The van der Waals surface area contributed by atoms with Gasteiger partial charge in [-0.25, -0.2) is 0 Å². The lowest BCUT2D eigenvalue weighted by Gasteiger charge is -2.07. The normalized spacial score (nSPS) is 10.4. The fourth-order valence-electron chi connectivity index (χ4n) is 2.11. The summed E-state index contributed by atoms with van der Waals surface area (Å²) < 4.78 is 5.07. The largest absolute Gasteiger partial charge is 0.497 e. The van der Waals surface area contributed by atoms with Crippen LogP contribution in [0.15, 0.2) is 54.6 Å². The van der Waals surface area contributed by atoms with E-state index in [-0.39, 0.29) is 11.6 Å². The summed E-state index contributed by atoms with van der Waals surface area (Å²) in [5.74, 6) is 0.517. The second kappa shape index (κ2) is 9.07. The van der Waals surface area contributed by atoms with Crippen LogP contribution in [0.25, 0.3) is 6.08 Å². The van der Waals surface area contributed by atoms with Crippen molar-refractivity contribution in [1.29, 1.82) is 0 Å². The first-order valence-corrected chi connectivity index (χ1v) is 7.67. The third-order valence-electron chi connectivity index (χ3n) is 3.38. The SMILES string of the molecule is COc1ccc(/C=C/C(=O)NCCNc2ccccc2[N+](=O)[O-])cc1. The summed E-state index contributed by atoms with van der Waals surface area (Å²) in [6.07, 6.45) is 3.14. The van der Waals surface area contributed by atoms with Gasteiger partial charge in [-0.05, 0) is 29.8 Å². The van der Waals surface area contributed by atoms with E-state index in [9.17, 15) is 14.9 Å². The van der Waals surface area contributed by atoms with Crippen molar-refractivity contribution < 1.29 is 14.5 Å². The molecule has 0 radical (unpaired) electrons. The lowest BCUT2D eigenvalue weighted by Crippen LogP contribution is -2.27. The van der Waals surface area contributed by atoms with E-state index in [0.29, 0.717) is 18.8 Å². The number of nitro groups is 1. The molecule has 2 N–H and O–H groups in total. The monoisotopic (exact) mass is 341 g/mol. The summed E-state index contributed by atoms with van der Waals surface area (Å²) >= 11 is 0. The van der Waals surface area contributed by atoms with Gasteiger partial charge in [-0.1, -0.05) is 24.3 Å². The van der Waals surface area contributed by atoms with E-state index in [1.165, 1.54) is 12.1 Å². The van der Waals surface area contributed by atoms with Gasteiger partial charge in [0.2, 0.25) is 5.91 Å². The summed E-state index contributed by atoms with van der Waals surface area (Å²) in [5, 5.41) is 16.6. The van der Waals surface area contributed by atoms with Crippen molar-refractivity contribution in [3.05, 3.63) is 70.3 Å². The van der Waals surface area contributed by atoms with Crippen molar-refractivity contribution in [2.75, 3.05) is 25.5 Å². The number of amides is 1. The quantitative estimate of drug-likeness (QED) is 0.333. The Bertz CT molecular complexity index is 757. The van der Waals surface area contributed by atoms with Crippen LogP contribution in [0, 0.1) is 10.1 Å². The van der Waals surface area contributed by atoms with Crippen LogP contribution in [-0.2, 0) is 4.79 Å². The van der Waals surface area contributed by atoms with E-state index in [1.54, 1.807) is 31.4 Å². The maximum atomic E-state index is 11.8. The second-order valence-corrected chi connectivity index (χ2v) is 5.10. The van der Waals surface area contributed by atoms with Crippen LogP contribution < -0.4 is 15.4 Å². The number of hydrogen-bond donors (Lipinski definition) is 2. The second-order valence-electron chi connectivity index (χ2n) is 5.10. The Morgan fingerprint density at radius 3 is 2.56 bits per heavy atom. The van der Waals surface area contributed by atoms with Crippen molar-refractivity contribution in [2.24, 2.45) is 0 Å². The first-order valence-electron chi connectivity index (χ1n) is 7.67. The zero-order valence-electron chi connectivity index (χ0n) is 13.8. The molecule has 2 rings (SSSR count). The van der Waals surface area contributed by atoms with Crippen molar-refractivity contribution >= 4 is 23.4 Å². The van der Waals surface area contributed by atoms with Crippen molar-refractivity contribution in [3.8, 4) is 5.75 Å². The molecule has 0 aliphatic rings. The average molecular weight is 341 g/mol. The summed E-state index contributed by atoms with van der Waals surface area (Å²) in [6.45, 7) is 0.727. The minimum Gasteiger partial charge on any atom is -0.497 e. The highest BCUT2D eigenvalue weighted by molar-refractivity contribution is 5.91. The van der Waals surface area contributed by atoms with Crippen LogP contribution in [0.2, 0.25) is 0 Å². The molecule has 0 aliphatic heterocycles. The summed E-state index contributed by atoms with van der Waals surface area (Å²) in [4.78, 5) is 22.2. The molecule has 0 heterocycles. The Kier molecular flexibility index (Phi) is 6.53. The van der Waals surface area contributed by atoms with Gasteiger partial charge < -0.3 is 15.4 Å². The number of nitro benzene ring substituents is 1. The highest BCUT2D eigenvalue weighted by Crippen LogP contribution is 2.22. The first-order chi connectivity index (χ1) is 12.1. The van der Waals surface area contributed by atoms with Gasteiger partial charge in [0.1, 0.15) is 11.4 Å². The molecule has 7 heteroatoms. The highest BCUT2D eigenvalue weighted by atomic mass is 16.6. The minimum absolute atomic E-state index is 0.00762. The number of nitrogens with one attached hydrogen (secondary N) is 2. The molecule has 0 spiro atoms. The maximum Gasteiger partial charge on any atom is 0.292 e. The van der Waals surface area contributed by atoms with E-state index in [1.807, 2.05) is 24.3 Å². The van der Waals surface area contributed by atoms with Crippen LogP contribution >= 0.6 is 0 Å². The highest BCUT2D eigenvalue weighted by Gasteiger charge is 2.11. The van der Waals surface area contributed by atoms with E-state index in [4.69, 9.17) is 4.74 Å². The number of benzene rings is 2. The number of anilines is 1. The number of nitrogens with zero attached hydrogens (tertiary/aromatic N) is 1. The summed E-state index contributed by atoms with van der Waals surface area (Å²) in [7, 11) is 1.59. The van der Waals surface area contributed by atoms with Gasteiger partial charge in [-0.2, -0.15) is 0 Å². The number of hydrogen-bond acceptors (Lipinski definition) is 5. The van der Waals surface area contributed by atoms with Crippen LogP contribution in [0.3, 0.4) is 0 Å². The number of carbonyl (C=O) groups excluding carboxylic acids is 1. The molecule has 0 unspecified atom stereocenters. The summed E-state index contributed by atoms with van der Waals surface area (Å²) in [6, 6.07) is 13.7. The Balaban J connectivity index is 1.77. The molecule has 0 aromatic heterocycles. The van der Waals surface area contributed by atoms with Gasteiger partial charge in [0.05, 0.1) is 12.0 Å². The van der Waals surface area contributed by atoms with Gasteiger partial charge in [-0.3, -0.25) is 14.9 Å². The topological polar surface area (TPSA) is 93.5 Å². The third-order valence-corrected chi connectivity index (χ3v) is 3.38. The van der Waals surface area contributed by atoms with E-state index >= 15 is 0 Å². The molecule has 2 aromatic carbocycles. The molecule has 7 nitrogen and oxygen atoms in total. The molecular formula is C18H19N3O4. The Labute approximate surface area is 145 Å². The van der Waals surface area contributed by atoms with E-state index < -0.39 is 4.92 Å². The molecule has 1 amide bonds. The smallest absolute Gasteiger partial charge is 0.292 e. The zero-order chi connectivity index (χ0) is 18.1. The Morgan fingerprint density at radius 1 is 1.16 bits per heavy atom. The molecule has 25 heavy (non-hydrogen) atoms. The molecule has 0 saturated heterocycles. The summed E-state index contributed by atoms with van der Waals surface area (Å²) in [5.41, 5.74) is 1.32. The van der Waals surface area contributed by atoms with Crippen molar-refractivity contribution in [1.82, 2.24) is 5.32 Å². The zero-order valence-corrected chi connectivity index (χ0v) is 13.8. The molecule has 0 fully saturated rings. The molecular weight excluding hydrogens is 322 g/mol. The molecule has 0 saturated carbocycles. The predicted octanol–water partition coefficient (Wildman–Crippen LogP) is 2.84. The fraction of sp³-hybridized carbons (Fsp3) is 0.167. The number of para-hydroxylation sites is 2. The molecule has 0 bridgehead atoms. The number of ether oxygens (including phenoxy) is 1. The van der Waals surface area contributed by atoms with Gasteiger partial charge in [-0.15, -0.1) is 0 Å². The molecule has 0 atom stereocenters. The van der Waals surface area contributed by atoms with E-state index in [0.717, 1.165) is 11.3 Å². The van der Waals surface area contributed by atoms with Crippen molar-refractivity contribution in [3.63, 3.8) is 0 Å². The number of rotatable bonds is 8. The predicted molar refractivity (Wildman–Crippen MR) is 96.6 cm³/mol. The van der Waals surface area contributed by atoms with Crippen molar-refractivity contribution in [2.45, 2.75) is 0 Å². The van der Waals surface area contributed by atoms with Gasteiger partial charge in [0, 0.05) is 25.2 Å². The minimum atomic E-state index is -0.446.